The predicted molar refractivity (Wildman–Crippen MR) is 137 cm³/mol. The van der Waals surface area contributed by atoms with Crippen molar-refractivity contribution in [3.05, 3.63) is 78.5 Å². The molecule has 3 aromatic rings. The summed E-state index contributed by atoms with van der Waals surface area (Å²) in [4.78, 5) is 16.4. The highest BCUT2D eigenvalue weighted by Gasteiger charge is 2.28. The van der Waals surface area contributed by atoms with E-state index in [2.05, 4.69) is 19.8 Å². The van der Waals surface area contributed by atoms with E-state index in [1.165, 1.54) is 24.3 Å². The molecule has 1 aromatic heterocycles. The Morgan fingerprint density at radius 2 is 1.67 bits per heavy atom. The third kappa shape index (κ3) is 6.31. The van der Waals surface area contributed by atoms with Crippen LogP contribution in [0.5, 0.6) is 0 Å². The number of piperazine rings is 1. The molecule has 1 aliphatic rings. The molecule has 1 fully saturated rings. The number of carbonyl (C=O) groups is 1. The van der Waals surface area contributed by atoms with Crippen LogP contribution < -0.4 is 14.9 Å². The Labute approximate surface area is 211 Å². The second-order valence-electron chi connectivity index (χ2n) is 9.05. The van der Waals surface area contributed by atoms with E-state index < -0.39 is 10.0 Å². The highest BCUT2D eigenvalue weighted by molar-refractivity contribution is 7.89. The van der Waals surface area contributed by atoms with Gasteiger partial charge >= 0.3 is 0 Å². The van der Waals surface area contributed by atoms with Gasteiger partial charge in [-0.25, -0.2) is 17.5 Å². The summed E-state index contributed by atoms with van der Waals surface area (Å²) in [6.07, 6.45) is 1.58. The molecule has 0 saturated carbocycles. The van der Waals surface area contributed by atoms with E-state index in [4.69, 9.17) is 4.42 Å². The highest BCUT2D eigenvalue weighted by atomic mass is 32.2. The van der Waals surface area contributed by atoms with Crippen LogP contribution in [-0.2, 0) is 14.8 Å². The average molecular weight is 515 g/mol. The van der Waals surface area contributed by atoms with Gasteiger partial charge in [-0.1, -0.05) is 13.8 Å². The topological polar surface area (TPSA) is 94.9 Å². The molecule has 8 nitrogen and oxygen atoms in total. The van der Waals surface area contributed by atoms with E-state index in [1.807, 2.05) is 6.07 Å². The summed E-state index contributed by atoms with van der Waals surface area (Å²) in [5.41, 5.74) is 1.50. The van der Waals surface area contributed by atoms with Crippen LogP contribution >= 0.6 is 0 Å². The minimum absolute atomic E-state index is 0.115. The Hall–Kier alpha value is -3.21. The average Bonchev–Trinajstić information content (AvgIpc) is 3.40. The SMILES string of the molecule is CC(C)C(=O)Nc1ccc(S(=O)(=O)NCC(c2ccco2)N2CCN(c3ccc(F)cc3)CC2)cc1. The van der Waals surface area contributed by atoms with Gasteiger partial charge in [-0.05, 0) is 60.7 Å². The molecule has 1 saturated heterocycles. The Morgan fingerprint density at radius 1 is 1.00 bits per heavy atom. The van der Waals surface area contributed by atoms with Gasteiger partial charge in [0.2, 0.25) is 15.9 Å². The van der Waals surface area contributed by atoms with Crippen molar-refractivity contribution in [1.82, 2.24) is 9.62 Å². The van der Waals surface area contributed by atoms with E-state index in [-0.39, 0.29) is 35.1 Å². The maximum Gasteiger partial charge on any atom is 0.240 e. The predicted octanol–water partition coefficient (Wildman–Crippen LogP) is 3.86. The highest BCUT2D eigenvalue weighted by Crippen LogP contribution is 2.25. The van der Waals surface area contributed by atoms with E-state index in [0.717, 1.165) is 18.8 Å². The molecule has 1 unspecified atom stereocenters. The summed E-state index contributed by atoms with van der Waals surface area (Å²) in [5, 5.41) is 2.75. The molecule has 0 spiro atoms. The zero-order valence-electron chi connectivity index (χ0n) is 20.4. The number of carbonyl (C=O) groups excluding carboxylic acids is 1. The number of hydrogen-bond acceptors (Lipinski definition) is 6. The molecular weight excluding hydrogens is 483 g/mol. The first-order valence-electron chi connectivity index (χ1n) is 11.9. The van der Waals surface area contributed by atoms with Crippen molar-refractivity contribution in [2.75, 3.05) is 42.9 Å². The third-order valence-electron chi connectivity index (χ3n) is 6.24. The molecule has 2 N–H and O–H groups in total. The fourth-order valence-electron chi connectivity index (χ4n) is 4.11. The smallest absolute Gasteiger partial charge is 0.240 e. The van der Waals surface area contributed by atoms with Crippen molar-refractivity contribution in [1.29, 1.82) is 0 Å². The lowest BCUT2D eigenvalue weighted by Crippen LogP contribution is -2.49. The third-order valence-corrected chi connectivity index (χ3v) is 7.68. The molecule has 1 aliphatic heterocycles. The molecular formula is C26H31FN4O4S. The molecule has 1 atom stereocenters. The zero-order chi connectivity index (χ0) is 25.7. The summed E-state index contributed by atoms with van der Waals surface area (Å²) < 4.78 is 47.7. The maximum atomic E-state index is 13.3. The van der Waals surface area contributed by atoms with Gasteiger partial charge < -0.3 is 14.6 Å². The van der Waals surface area contributed by atoms with E-state index >= 15 is 0 Å². The van der Waals surface area contributed by atoms with Crippen LogP contribution in [0.1, 0.15) is 25.6 Å². The maximum absolute atomic E-state index is 13.3. The molecule has 2 aromatic carbocycles. The number of hydrogen-bond donors (Lipinski definition) is 2. The van der Waals surface area contributed by atoms with E-state index in [0.29, 0.717) is 24.5 Å². The first-order valence-corrected chi connectivity index (χ1v) is 13.4. The fourth-order valence-corrected chi connectivity index (χ4v) is 5.15. The Morgan fingerprint density at radius 3 is 2.25 bits per heavy atom. The van der Waals surface area contributed by atoms with Crippen molar-refractivity contribution in [2.45, 2.75) is 24.8 Å². The molecule has 0 radical (unpaired) electrons. The lowest BCUT2D eigenvalue weighted by molar-refractivity contribution is -0.118. The van der Waals surface area contributed by atoms with Crippen LogP contribution in [0.3, 0.4) is 0 Å². The van der Waals surface area contributed by atoms with Gasteiger partial charge in [0.15, 0.2) is 0 Å². The van der Waals surface area contributed by atoms with E-state index in [1.54, 1.807) is 50.4 Å². The Bertz CT molecular complexity index is 1240. The molecule has 0 aliphatic carbocycles. The minimum atomic E-state index is -3.78. The van der Waals surface area contributed by atoms with Gasteiger partial charge in [0, 0.05) is 50.0 Å². The first-order chi connectivity index (χ1) is 17.2. The molecule has 1 amide bonds. The van der Waals surface area contributed by atoms with Gasteiger partial charge in [-0.15, -0.1) is 0 Å². The van der Waals surface area contributed by atoms with Crippen molar-refractivity contribution in [3.8, 4) is 0 Å². The number of halogens is 1. The number of rotatable bonds is 9. The van der Waals surface area contributed by atoms with Gasteiger partial charge in [-0.2, -0.15) is 0 Å². The van der Waals surface area contributed by atoms with Crippen LogP contribution in [-0.4, -0.2) is 51.9 Å². The van der Waals surface area contributed by atoms with Crippen molar-refractivity contribution < 1.29 is 22.0 Å². The van der Waals surface area contributed by atoms with E-state index in [9.17, 15) is 17.6 Å². The van der Waals surface area contributed by atoms with Gasteiger partial charge in [0.1, 0.15) is 11.6 Å². The Balaban J connectivity index is 1.40. The zero-order valence-corrected chi connectivity index (χ0v) is 21.2. The van der Waals surface area contributed by atoms with Gasteiger partial charge in [0.25, 0.3) is 0 Å². The number of benzene rings is 2. The van der Waals surface area contributed by atoms with Crippen LogP contribution in [0, 0.1) is 11.7 Å². The van der Waals surface area contributed by atoms with Crippen LogP contribution in [0.25, 0.3) is 0 Å². The molecule has 36 heavy (non-hydrogen) atoms. The minimum Gasteiger partial charge on any atom is -0.468 e. The molecule has 192 valence electrons. The molecule has 0 bridgehead atoms. The van der Waals surface area contributed by atoms with Crippen molar-refractivity contribution >= 4 is 27.3 Å². The Kier molecular flexibility index (Phi) is 8.07. The summed E-state index contributed by atoms with van der Waals surface area (Å²) in [5.74, 6) is 0.105. The quantitative estimate of drug-likeness (QED) is 0.450. The number of sulfonamides is 1. The van der Waals surface area contributed by atoms with Crippen molar-refractivity contribution in [3.63, 3.8) is 0 Å². The number of amides is 1. The van der Waals surface area contributed by atoms with Gasteiger partial charge in [-0.3, -0.25) is 9.69 Å². The summed E-state index contributed by atoms with van der Waals surface area (Å²) in [7, 11) is -3.78. The summed E-state index contributed by atoms with van der Waals surface area (Å²) in [6.45, 7) is 6.53. The normalized spacial score (nSPS) is 15.7. The second kappa shape index (κ2) is 11.2. The molecule has 10 heteroatoms. The van der Waals surface area contributed by atoms with Crippen LogP contribution in [0.2, 0.25) is 0 Å². The lowest BCUT2D eigenvalue weighted by atomic mass is 10.1. The lowest BCUT2D eigenvalue weighted by Gasteiger charge is -2.39. The van der Waals surface area contributed by atoms with Crippen LogP contribution in [0.4, 0.5) is 15.8 Å². The fraction of sp³-hybridized carbons (Fsp3) is 0.346. The molecule has 4 rings (SSSR count). The number of nitrogens with zero attached hydrogens (tertiary/aromatic N) is 2. The summed E-state index contributed by atoms with van der Waals surface area (Å²) >= 11 is 0. The largest absolute Gasteiger partial charge is 0.468 e. The number of anilines is 2. The van der Waals surface area contributed by atoms with Gasteiger partial charge in [0.05, 0.1) is 17.2 Å². The first kappa shape index (κ1) is 25.9. The molecule has 2 heterocycles. The van der Waals surface area contributed by atoms with Crippen LogP contribution in [0.15, 0.2) is 76.2 Å². The standard InChI is InChI=1S/C26H31FN4O4S/c1-19(2)26(32)29-21-7-11-23(12-8-21)36(33,34)28-18-24(25-4-3-17-35-25)31-15-13-30(14-16-31)22-9-5-20(27)6-10-22/h3-12,17,19,24,28H,13-16,18H2,1-2H3,(H,29,32). The van der Waals surface area contributed by atoms with Crippen molar-refractivity contribution in [2.24, 2.45) is 5.92 Å². The second-order valence-corrected chi connectivity index (χ2v) is 10.8. The number of nitrogens with one attached hydrogen (secondary N) is 2. The monoisotopic (exact) mass is 514 g/mol. The number of furan rings is 1. The summed E-state index contributed by atoms with van der Waals surface area (Å²) in [6, 6.07) is 15.9.